The van der Waals surface area contributed by atoms with Crippen LogP contribution in [0.5, 0.6) is 5.75 Å². The third kappa shape index (κ3) is 4.49. The van der Waals surface area contributed by atoms with E-state index in [1.807, 2.05) is 0 Å². The van der Waals surface area contributed by atoms with Crippen LogP contribution in [0.4, 0.5) is 0 Å². The minimum Gasteiger partial charge on any atom is -0.714 e. The summed E-state index contributed by atoms with van der Waals surface area (Å²) < 4.78 is 10.9. The largest absolute Gasteiger partial charge is 0.714 e. The van der Waals surface area contributed by atoms with Gasteiger partial charge in [-0.25, -0.2) is 5.21 Å². The second kappa shape index (κ2) is 8.88. The average molecular weight is 422 g/mol. The van der Waals surface area contributed by atoms with Gasteiger partial charge in [-0.1, -0.05) is 0 Å². The van der Waals surface area contributed by atoms with E-state index in [-0.39, 0.29) is 31.3 Å². The predicted molar refractivity (Wildman–Crippen MR) is 109 cm³/mol. The molecule has 0 radical (unpaired) electrons. The highest BCUT2D eigenvalue weighted by Crippen LogP contribution is 2.37. The van der Waals surface area contributed by atoms with Crippen LogP contribution in [0, 0.1) is 5.21 Å². The second-order valence-electron chi connectivity index (χ2n) is 8.10. The molecular formula is C20H30N4O6. The number of carbonyl (C=O) groups is 2. The molecule has 0 bridgehead atoms. The molecule has 1 aromatic carbocycles. The standard InChI is InChI=1S/C20H30N4O6/c1-19(2)20(3,4)24(28)17(23(19)27)13-6-8-14(9-7-13)30-11-10-22-16(25)12-15(21)18(26)29-5/h6-9,15,27H,10-12,21H2,1-5H3,(H,22,25)/t15-/m0/s1. The van der Waals surface area contributed by atoms with Crippen LogP contribution >= 0.6 is 0 Å². The van der Waals surface area contributed by atoms with Crippen molar-refractivity contribution in [3.63, 3.8) is 0 Å². The molecule has 1 amide bonds. The van der Waals surface area contributed by atoms with Gasteiger partial charge in [-0.3, -0.25) is 14.3 Å². The summed E-state index contributed by atoms with van der Waals surface area (Å²) in [4.78, 5) is 22.9. The van der Waals surface area contributed by atoms with Crippen molar-refractivity contribution in [2.45, 2.75) is 51.2 Å². The Kier molecular flexibility index (Phi) is 6.94. The summed E-state index contributed by atoms with van der Waals surface area (Å²) in [5.41, 5.74) is 4.50. The monoisotopic (exact) mass is 422 g/mol. The van der Waals surface area contributed by atoms with Gasteiger partial charge in [0.05, 0.1) is 25.6 Å². The zero-order valence-electron chi connectivity index (χ0n) is 18.0. The van der Waals surface area contributed by atoms with Crippen LogP contribution in [0.25, 0.3) is 0 Å². The van der Waals surface area contributed by atoms with Crippen molar-refractivity contribution in [3.8, 4) is 5.75 Å². The fraction of sp³-hybridized carbons (Fsp3) is 0.550. The first-order valence-corrected chi connectivity index (χ1v) is 9.60. The van der Waals surface area contributed by atoms with Crippen molar-refractivity contribution < 1.29 is 29.0 Å². The molecule has 0 unspecified atom stereocenters. The summed E-state index contributed by atoms with van der Waals surface area (Å²) in [7, 11) is 1.21. The number of benzene rings is 1. The predicted octanol–water partition coefficient (Wildman–Crippen LogP) is 0.591. The van der Waals surface area contributed by atoms with Gasteiger partial charge in [-0.2, -0.15) is 0 Å². The Morgan fingerprint density at radius 1 is 1.27 bits per heavy atom. The van der Waals surface area contributed by atoms with Gasteiger partial charge >= 0.3 is 11.8 Å². The van der Waals surface area contributed by atoms with E-state index < -0.39 is 23.1 Å². The van der Waals surface area contributed by atoms with Crippen LogP contribution in [0.2, 0.25) is 0 Å². The third-order valence-corrected chi connectivity index (χ3v) is 5.64. The van der Waals surface area contributed by atoms with Gasteiger partial charge in [0.2, 0.25) is 5.91 Å². The molecule has 10 heteroatoms. The van der Waals surface area contributed by atoms with Gasteiger partial charge in [0, 0.05) is 0 Å². The minimum absolute atomic E-state index is 0.171. The molecule has 10 nitrogen and oxygen atoms in total. The number of rotatable bonds is 8. The Hall–Kier alpha value is -2.85. The molecule has 1 aliphatic heterocycles. The molecule has 1 aliphatic rings. The lowest BCUT2D eigenvalue weighted by atomic mass is 9.84. The number of nitrogens with one attached hydrogen (secondary N) is 1. The Morgan fingerprint density at radius 3 is 2.37 bits per heavy atom. The molecular weight excluding hydrogens is 392 g/mol. The first kappa shape index (κ1) is 23.4. The number of hydroxylamine groups is 3. The van der Waals surface area contributed by atoms with E-state index in [0.717, 1.165) is 9.80 Å². The first-order chi connectivity index (χ1) is 13.9. The van der Waals surface area contributed by atoms with Crippen LogP contribution in [0.1, 0.15) is 39.7 Å². The number of hydrogen-bond acceptors (Lipinski definition) is 8. The van der Waals surface area contributed by atoms with E-state index in [2.05, 4.69) is 10.1 Å². The average Bonchev–Trinajstić information content (AvgIpc) is 2.82. The SMILES string of the molecule is COC(=O)[C@@H](N)CC(=O)NCCOc1ccc(C2=[N+]([O-])C(C)(C)C(C)(C)N2O)cc1. The van der Waals surface area contributed by atoms with Crippen molar-refractivity contribution in [2.24, 2.45) is 5.73 Å². The van der Waals surface area contributed by atoms with Gasteiger partial charge in [0.25, 0.3) is 0 Å². The lowest BCUT2D eigenvalue weighted by Crippen LogP contribution is -2.53. The number of hydrogen-bond donors (Lipinski definition) is 3. The number of ether oxygens (including phenoxy) is 2. The summed E-state index contributed by atoms with van der Waals surface area (Å²) >= 11 is 0. The van der Waals surface area contributed by atoms with Gasteiger partial charge in [-0.05, 0) is 52.0 Å². The molecule has 0 aliphatic carbocycles. The Balaban J connectivity index is 1.90. The van der Waals surface area contributed by atoms with Crippen LogP contribution in [-0.4, -0.2) is 70.1 Å². The second-order valence-corrected chi connectivity index (χ2v) is 8.10. The number of nitrogens with two attached hydrogens (primary N) is 1. The van der Waals surface area contributed by atoms with E-state index in [4.69, 9.17) is 10.5 Å². The number of amidine groups is 1. The smallest absolute Gasteiger partial charge is 0.323 e. The third-order valence-electron chi connectivity index (χ3n) is 5.64. The number of methoxy groups -OCH3 is 1. The molecule has 1 aromatic rings. The summed E-state index contributed by atoms with van der Waals surface area (Å²) in [6.45, 7) is 7.59. The molecule has 4 N–H and O–H groups in total. The number of esters is 1. The van der Waals surface area contributed by atoms with Gasteiger partial charge in [-0.15, -0.1) is 5.06 Å². The lowest BCUT2D eigenvalue weighted by molar-refractivity contribution is -0.539. The van der Waals surface area contributed by atoms with E-state index in [0.29, 0.717) is 11.3 Å². The van der Waals surface area contributed by atoms with Crippen molar-refractivity contribution in [2.75, 3.05) is 20.3 Å². The zero-order valence-corrected chi connectivity index (χ0v) is 18.0. The highest BCUT2D eigenvalue weighted by atomic mass is 16.5. The Labute approximate surface area is 175 Å². The number of nitrogens with zero attached hydrogens (tertiary/aromatic N) is 2. The van der Waals surface area contributed by atoms with E-state index >= 15 is 0 Å². The molecule has 0 saturated heterocycles. The van der Waals surface area contributed by atoms with E-state index in [1.54, 1.807) is 52.0 Å². The molecule has 0 aromatic heterocycles. The highest BCUT2D eigenvalue weighted by molar-refractivity contribution is 5.96. The van der Waals surface area contributed by atoms with E-state index in [9.17, 15) is 20.0 Å². The van der Waals surface area contributed by atoms with Gasteiger partial charge < -0.3 is 25.7 Å². The molecule has 166 valence electrons. The molecule has 2 rings (SSSR count). The molecule has 1 atom stereocenters. The fourth-order valence-electron chi connectivity index (χ4n) is 2.93. The Bertz CT molecular complexity index is 819. The van der Waals surface area contributed by atoms with Crippen LogP contribution < -0.4 is 15.8 Å². The summed E-state index contributed by atoms with van der Waals surface area (Å²) in [6.07, 6.45) is -0.171. The molecule has 30 heavy (non-hydrogen) atoms. The lowest BCUT2D eigenvalue weighted by Gasteiger charge is -2.33. The Morgan fingerprint density at radius 2 is 1.87 bits per heavy atom. The highest BCUT2D eigenvalue weighted by Gasteiger charge is 2.58. The normalized spacial score (nSPS) is 18.2. The van der Waals surface area contributed by atoms with Crippen molar-refractivity contribution in [3.05, 3.63) is 35.0 Å². The van der Waals surface area contributed by atoms with Gasteiger partial charge in [0.15, 0.2) is 5.54 Å². The van der Waals surface area contributed by atoms with Crippen molar-refractivity contribution in [1.29, 1.82) is 0 Å². The maximum Gasteiger partial charge on any atom is 0.323 e. The quantitative estimate of drug-likeness (QED) is 0.239. The van der Waals surface area contributed by atoms with Crippen LogP contribution in [-0.2, 0) is 14.3 Å². The topological polar surface area (TPSA) is 140 Å². The molecule has 0 spiro atoms. The van der Waals surface area contributed by atoms with E-state index in [1.165, 1.54) is 7.11 Å². The van der Waals surface area contributed by atoms with Crippen molar-refractivity contribution in [1.82, 2.24) is 10.4 Å². The molecule has 0 fully saturated rings. The van der Waals surface area contributed by atoms with Gasteiger partial charge in [0.1, 0.15) is 23.9 Å². The molecule has 1 heterocycles. The van der Waals surface area contributed by atoms with Crippen LogP contribution in [0.15, 0.2) is 24.3 Å². The maximum absolute atomic E-state index is 12.7. The number of amides is 1. The molecule has 0 saturated carbocycles. The summed E-state index contributed by atoms with van der Waals surface area (Å²) in [5.74, 6) is -0.316. The minimum atomic E-state index is -1.00. The van der Waals surface area contributed by atoms with Crippen molar-refractivity contribution >= 4 is 17.7 Å². The maximum atomic E-state index is 12.7. The number of carbonyl (C=O) groups excluding carboxylic acids is 2. The fourth-order valence-corrected chi connectivity index (χ4v) is 2.93. The van der Waals surface area contributed by atoms with Crippen LogP contribution in [0.3, 0.4) is 0 Å². The first-order valence-electron chi connectivity index (χ1n) is 9.60. The summed E-state index contributed by atoms with van der Waals surface area (Å²) in [6, 6.07) is 5.72. The summed E-state index contributed by atoms with van der Waals surface area (Å²) in [5, 5.41) is 26.9. The zero-order chi connectivity index (χ0) is 22.7.